The van der Waals surface area contributed by atoms with E-state index in [-0.39, 0.29) is 0 Å². The highest BCUT2D eigenvalue weighted by atomic mass is 35.5. The summed E-state index contributed by atoms with van der Waals surface area (Å²) in [5, 5.41) is 0. The van der Waals surface area contributed by atoms with Gasteiger partial charge in [-0.3, -0.25) is 0 Å². The quantitative estimate of drug-likeness (QED) is 0.507. The van der Waals surface area contributed by atoms with Gasteiger partial charge in [-0.2, -0.15) is 0 Å². The molecule has 0 aromatic heterocycles. The second kappa shape index (κ2) is 7.72. The van der Waals surface area contributed by atoms with Crippen molar-refractivity contribution in [1.29, 1.82) is 0 Å². The van der Waals surface area contributed by atoms with Crippen LogP contribution in [0, 0.1) is 5.92 Å². The van der Waals surface area contributed by atoms with E-state index in [1.165, 1.54) is 5.56 Å². The third-order valence-corrected chi connectivity index (χ3v) is 2.69. The maximum Gasteiger partial charge on any atom is 0.0716 e. The van der Waals surface area contributed by atoms with Gasteiger partial charge >= 0.3 is 0 Å². The summed E-state index contributed by atoms with van der Waals surface area (Å²) in [6, 6.07) is 10.3. The number of hydrogen-bond donors (Lipinski definition) is 0. The molecule has 84 valence electrons. The molecular formula is C13H19ClO. The van der Waals surface area contributed by atoms with Crippen LogP contribution in [0.25, 0.3) is 0 Å². The number of rotatable bonds is 7. The lowest BCUT2D eigenvalue weighted by molar-refractivity contribution is 0.108. The molecule has 0 aliphatic carbocycles. The van der Waals surface area contributed by atoms with Gasteiger partial charge in [0.25, 0.3) is 0 Å². The van der Waals surface area contributed by atoms with Crippen LogP contribution in [0.1, 0.15) is 25.3 Å². The van der Waals surface area contributed by atoms with Gasteiger partial charge in [0.1, 0.15) is 0 Å². The second-order valence-electron chi connectivity index (χ2n) is 3.91. The van der Waals surface area contributed by atoms with E-state index in [1.807, 2.05) is 18.2 Å². The van der Waals surface area contributed by atoms with Gasteiger partial charge in [0.05, 0.1) is 6.61 Å². The summed E-state index contributed by atoms with van der Waals surface area (Å²) >= 11 is 5.66. The Bertz CT molecular complexity index is 248. The van der Waals surface area contributed by atoms with Gasteiger partial charge in [-0.05, 0) is 24.3 Å². The number of ether oxygens (including phenoxy) is 1. The Morgan fingerprint density at radius 3 is 2.60 bits per heavy atom. The molecule has 0 N–H and O–H groups in total. The average molecular weight is 227 g/mol. The molecule has 1 atom stereocenters. The van der Waals surface area contributed by atoms with Gasteiger partial charge in [0.2, 0.25) is 0 Å². The van der Waals surface area contributed by atoms with Gasteiger partial charge in [-0.1, -0.05) is 37.3 Å². The predicted molar refractivity (Wildman–Crippen MR) is 65.2 cm³/mol. The molecule has 1 rings (SSSR count). The molecule has 0 radical (unpaired) electrons. The molecule has 0 spiro atoms. The Kier molecular flexibility index (Phi) is 6.45. The Morgan fingerprint density at radius 2 is 1.93 bits per heavy atom. The van der Waals surface area contributed by atoms with Gasteiger partial charge in [0, 0.05) is 12.5 Å². The molecule has 1 aromatic carbocycles. The predicted octanol–water partition coefficient (Wildman–Crippen LogP) is 3.86. The fraction of sp³-hybridized carbons (Fsp3) is 0.538. The fourth-order valence-corrected chi connectivity index (χ4v) is 1.75. The first-order chi connectivity index (χ1) is 7.33. The van der Waals surface area contributed by atoms with Crippen LogP contribution in [0.3, 0.4) is 0 Å². The van der Waals surface area contributed by atoms with Crippen LogP contribution in [-0.2, 0) is 11.3 Å². The van der Waals surface area contributed by atoms with E-state index in [0.717, 1.165) is 25.3 Å². The summed E-state index contributed by atoms with van der Waals surface area (Å²) in [6.45, 7) is 3.76. The van der Waals surface area contributed by atoms with Crippen LogP contribution >= 0.6 is 11.6 Å². The molecule has 0 saturated heterocycles. The van der Waals surface area contributed by atoms with E-state index in [9.17, 15) is 0 Å². The Hall–Kier alpha value is -0.530. The van der Waals surface area contributed by atoms with Crippen molar-refractivity contribution in [3.8, 4) is 0 Å². The largest absolute Gasteiger partial charge is 0.377 e. The van der Waals surface area contributed by atoms with Crippen molar-refractivity contribution in [3.05, 3.63) is 35.9 Å². The monoisotopic (exact) mass is 226 g/mol. The van der Waals surface area contributed by atoms with Crippen LogP contribution < -0.4 is 0 Å². The normalized spacial score (nSPS) is 12.7. The minimum atomic E-state index is 0.665. The highest BCUT2D eigenvalue weighted by Gasteiger charge is 2.00. The summed E-state index contributed by atoms with van der Waals surface area (Å²) in [4.78, 5) is 0. The summed E-state index contributed by atoms with van der Waals surface area (Å²) in [7, 11) is 0. The zero-order valence-corrected chi connectivity index (χ0v) is 10.0. The van der Waals surface area contributed by atoms with Gasteiger partial charge in [-0.25, -0.2) is 0 Å². The summed E-state index contributed by atoms with van der Waals surface area (Å²) in [5.74, 6) is 1.41. The Morgan fingerprint density at radius 1 is 1.20 bits per heavy atom. The molecule has 1 nitrogen and oxygen atoms in total. The maximum atomic E-state index is 5.66. The van der Waals surface area contributed by atoms with Crippen molar-refractivity contribution in [1.82, 2.24) is 0 Å². The van der Waals surface area contributed by atoms with Gasteiger partial charge in [0.15, 0.2) is 0 Å². The first kappa shape index (κ1) is 12.5. The minimum Gasteiger partial charge on any atom is -0.377 e. The molecule has 0 aliphatic rings. The van der Waals surface area contributed by atoms with Gasteiger partial charge in [-0.15, -0.1) is 11.6 Å². The number of benzene rings is 1. The Balaban J connectivity index is 2.07. The van der Waals surface area contributed by atoms with E-state index in [1.54, 1.807) is 0 Å². The molecule has 2 heteroatoms. The molecule has 0 heterocycles. The lowest BCUT2D eigenvalue weighted by atomic mass is 10.1. The fourth-order valence-electron chi connectivity index (χ4n) is 1.38. The molecule has 15 heavy (non-hydrogen) atoms. The van der Waals surface area contributed by atoms with Crippen molar-refractivity contribution < 1.29 is 4.74 Å². The number of hydrogen-bond acceptors (Lipinski definition) is 1. The molecule has 1 unspecified atom stereocenters. The minimum absolute atomic E-state index is 0.665. The number of halogens is 1. The van der Waals surface area contributed by atoms with Crippen molar-refractivity contribution in [2.75, 3.05) is 12.5 Å². The average Bonchev–Trinajstić information content (AvgIpc) is 2.26. The van der Waals surface area contributed by atoms with E-state index < -0.39 is 0 Å². The van der Waals surface area contributed by atoms with E-state index in [4.69, 9.17) is 16.3 Å². The lowest BCUT2D eigenvalue weighted by Gasteiger charge is -2.09. The zero-order valence-electron chi connectivity index (χ0n) is 9.29. The third-order valence-electron chi connectivity index (χ3n) is 2.47. The Labute approximate surface area is 97.4 Å². The standard InChI is InChI=1S/C13H19ClO/c1-12(7-9-14)8-10-15-11-13-5-3-2-4-6-13/h2-6,12H,7-11H2,1H3. The van der Waals surface area contributed by atoms with Crippen molar-refractivity contribution >= 4 is 11.6 Å². The summed E-state index contributed by atoms with van der Waals surface area (Å²) in [6.07, 6.45) is 2.18. The van der Waals surface area contributed by atoms with Crippen LogP contribution in [0.2, 0.25) is 0 Å². The molecular weight excluding hydrogens is 208 g/mol. The third kappa shape index (κ3) is 5.81. The van der Waals surface area contributed by atoms with Crippen molar-refractivity contribution in [2.24, 2.45) is 5.92 Å². The van der Waals surface area contributed by atoms with Gasteiger partial charge < -0.3 is 4.74 Å². The first-order valence-electron chi connectivity index (χ1n) is 5.50. The highest BCUT2D eigenvalue weighted by Crippen LogP contribution is 2.09. The summed E-state index contributed by atoms with van der Waals surface area (Å²) in [5.41, 5.74) is 1.24. The highest BCUT2D eigenvalue weighted by molar-refractivity contribution is 6.17. The topological polar surface area (TPSA) is 9.23 Å². The van der Waals surface area contributed by atoms with Crippen LogP contribution in [0.15, 0.2) is 30.3 Å². The van der Waals surface area contributed by atoms with E-state index in [2.05, 4.69) is 19.1 Å². The van der Waals surface area contributed by atoms with Crippen LogP contribution in [-0.4, -0.2) is 12.5 Å². The van der Waals surface area contributed by atoms with E-state index >= 15 is 0 Å². The maximum absolute atomic E-state index is 5.66. The first-order valence-corrected chi connectivity index (χ1v) is 6.04. The smallest absolute Gasteiger partial charge is 0.0716 e. The second-order valence-corrected chi connectivity index (χ2v) is 4.29. The molecule has 1 aromatic rings. The zero-order chi connectivity index (χ0) is 10.9. The van der Waals surface area contributed by atoms with Crippen LogP contribution in [0.4, 0.5) is 0 Å². The SMILES string of the molecule is CC(CCCl)CCOCc1ccccc1. The molecule has 0 saturated carbocycles. The summed E-state index contributed by atoms with van der Waals surface area (Å²) < 4.78 is 5.59. The number of alkyl halides is 1. The molecule has 0 fully saturated rings. The van der Waals surface area contributed by atoms with Crippen molar-refractivity contribution in [3.63, 3.8) is 0 Å². The lowest BCUT2D eigenvalue weighted by Crippen LogP contribution is -2.02. The molecule has 0 amide bonds. The molecule has 0 aliphatic heterocycles. The molecule has 0 bridgehead atoms. The van der Waals surface area contributed by atoms with Crippen molar-refractivity contribution in [2.45, 2.75) is 26.4 Å². The van der Waals surface area contributed by atoms with E-state index in [0.29, 0.717) is 12.5 Å². The van der Waals surface area contributed by atoms with Crippen LogP contribution in [0.5, 0.6) is 0 Å².